The van der Waals surface area contributed by atoms with Gasteiger partial charge in [-0.15, -0.1) is 5.10 Å². The summed E-state index contributed by atoms with van der Waals surface area (Å²) in [6.07, 6.45) is 0.456. The number of benzene rings is 1. The third-order valence-corrected chi connectivity index (χ3v) is 8.01. The Kier molecular flexibility index (Phi) is 6.98. The quantitative estimate of drug-likeness (QED) is 0.332. The third-order valence-electron chi connectivity index (χ3n) is 6.01. The van der Waals surface area contributed by atoms with Crippen molar-refractivity contribution in [2.24, 2.45) is 0 Å². The van der Waals surface area contributed by atoms with Crippen LogP contribution in [0.15, 0.2) is 12.1 Å². The fourth-order valence-corrected chi connectivity index (χ4v) is 5.19. The van der Waals surface area contributed by atoms with E-state index in [2.05, 4.69) is 35.0 Å². The minimum Gasteiger partial charge on any atom is -0.436 e. The van der Waals surface area contributed by atoms with Crippen molar-refractivity contribution in [3.05, 3.63) is 40.2 Å². The molecule has 10 nitrogen and oxygen atoms in total. The number of piperidine rings is 1. The smallest absolute Gasteiger partial charge is 0.412 e. The zero-order chi connectivity index (χ0) is 25.4. The molecular weight excluding hydrogens is 497 g/mol. The second kappa shape index (κ2) is 9.67. The molecule has 2 amide bonds. The number of anilines is 1. The van der Waals surface area contributed by atoms with E-state index in [1.807, 2.05) is 0 Å². The first-order chi connectivity index (χ1) is 16.5. The highest BCUT2D eigenvalue weighted by Gasteiger charge is 2.49. The van der Waals surface area contributed by atoms with Crippen LogP contribution in [0.25, 0.3) is 0 Å². The molecule has 1 spiro atoms. The number of likely N-dealkylation sites (tertiary alicyclic amines) is 1. The number of hydrogen-bond donors (Lipinski definition) is 1. The molecule has 13 heteroatoms. The molecule has 1 saturated heterocycles. The van der Waals surface area contributed by atoms with Crippen molar-refractivity contribution in [2.45, 2.75) is 50.9 Å². The van der Waals surface area contributed by atoms with Gasteiger partial charge in [-0.3, -0.25) is 14.9 Å². The molecule has 1 atom stereocenters. The lowest BCUT2D eigenvalue weighted by Gasteiger charge is -2.45. The normalized spacial score (nSPS) is 19.8. The number of carbonyl (C=O) groups excluding carboxylic acids is 3. The van der Waals surface area contributed by atoms with Gasteiger partial charge in [0.2, 0.25) is 11.6 Å². The third kappa shape index (κ3) is 5.24. The molecule has 0 radical (unpaired) electrons. The summed E-state index contributed by atoms with van der Waals surface area (Å²) in [6.45, 7) is 7.33. The Morgan fingerprint density at radius 2 is 2.17 bits per heavy atom. The minimum atomic E-state index is -1.41. The van der Waals surface area contributed by atoms with Crippen LogP contribution in [0, 0.1) is 5.82 Å². The summed E-state index contributed by atoms with van der Waals surface area (Å²) in [7, 11) is -1.31. The topological polar surface area (TPSA) is 116 Å². The molecule has 1 N–H and O–H groups in total. The van der Waals surface area contributed by atoms with Gasteiger partial charge in [0.1, 0.15) is 6.73 Å². The average Bonchev–Trinajstić information content (AvgIpc) is 3.21. The number of ether oxygens (including phenoxy) is 2. The van der Waals surface area contributed by atoms with Gasteiger partial charge in [-0.25, -0.2) is 13.9 Å². The van der Waals surface area contributed by atoms with Crippen molar-refractivity contribution in [2.75, 3.05) is 25.0 Å². The van der Waals surface area contributed by atoms with Gasteiger partial charge in [0.25, 0.3) is 5.91 Å². The van der Waals surface area contributed by atoms with Crippen molar-refractivity contribution < 1.29 is 28.2 Å². The molecule has 2 aliphatic rings. The van der Waals surface area contributed by atoms with Crippen LogP contribution in [0.4, 0.5) is 14.9 Å². The molecule has 4 rings (SSSR count). The Morgan fingerprint density at radius 3 is 2.89 bits per heavy atom. The fraction of sp³-hybridized carbons (Fsp3) is 0.500. The van der Waals surface area contributed by atoms with Crippen molar-refractivity contribution >= 4 is 43.6 Å². The zero-order valence-electron chi connectivity index (χ0n) is 19.8. The maximum atomic E-state index is 15.1. The van der Waals surface area contributed by atoms with Crippen LogP contribution < -0.4 is 5.32 Å². The SMILES string of the molecule is C[Si](C)(C)CCOCn1nc(C=O)nc1C(=O)N1CCC[C@@]2(C1)OC(=O)Nc1ccc(Cl)c(F)c12. The lowest BCUT2D eigenvalue weighted by molar-refractivity contribution is -0.0424. The summed E-state index contributed by atoms with van der Waals surface area (Å²) in [4.78, 5) is 42.5. The van der Waals surface area contributed by atoms with Crippen LogP contribution in [0.2, 0.25) is 30.7 Å². The molecular formula is C22H27ClFN5O5Si. The molecule has 35 heavy (non-hydrogen) atoms. The first-order valence-electron chi connectivity index (χ1n) is 11.3. The summed E-state index contributed by atoms with van der Waals surface area (Å²) in [5.74, 6) is -1.47. The minimum absolute atomic E-state index is 0.0443. The van der Waals surface area contributed by atoms with Crippen LogP contribution in [0.5, 0.6) is 0 Å². The molecule has 2 aliphatic heterocycles. The Hall–Kier alpha value is -2.83. The maximum Gasteiger partial charge on any atom is 0.412 e. The molecule has 2 aromatic rings. The summed E-state index contributed by atoms with van der Waals surface area (Å²) >= 11 is 6.02. The van der Waals surface area contributed by atoms with Crippen LogP contribution in [0.1, 0.15) is 39.6 Å². The van der Waals surface area contributed by atoms with E-state index in [9.17, 15) is 14.4 Å². The van der Waals surface area contributed by atoms with Gasteiger partial charge in [0.05, 0.1) is 22.8 Å². The summed E-state index contributed by atoms with van der Waals surface area (Å²) < 4.78 is 27.7. The van der Waals surface area contributed by atoms with Crippen LogP contribution in [-0.4, -0.2) is 65.7 Å². The van der Waals surface area contributed by atoms with Crippen molar-refractivity contribution in [3.63, 3.8) is 0 Å². The lowest BCUT2D eigenvalue weighted by Crippen LogP contribution is -2.54. The summed E-state index contributed by atoms with van der Waals surface area (Å²) in [6, 6.07) is 3.79. The van der Waals surface area contributed by atoms with Crippen LogP contribution in [0.3, 0.4) is 0 Å². The van der Waals surface area contributed by atoms with E-state index in [0.29, 0.717) is 32.3 Å². The molecule has 0 bridgehead atoms. The highest BCUT2D eigenvalue weighted by molar-refractivity contribution is 6.76. The summed E-state index contributed by atoms with van der Waals surface area (Å²) in [5, 5.41) is 6.44. The second-order valence-corrected chi connectivity index (χ2v) is 15.9. The van der Waals surface area contributed by atoms with Gasteiger partial charge in [-0.2, -0.15) is 4.98 Å². The van der Waals surface area contributed by atoms with Gasteiger partial charge in [0, 0.05) is 21.2 Å². The van der Waals surface area contributed by atoms with Gasteiger partial charge >= 0.3 is 6.09 Å². The molecule has 0 unspecified atom stereocenters. The average molecular weight is 524 g/mol. The van der Waals surface area contributed by atoms with Crippen LogP contribution >= 0.6 is 11.6 Å². The number of aromatic nitrogens is 3. The molecule has 3 heterocycles. The highest BCUT2D eigenvalue weighted by Crippen LogP contribution is 2.45. The van der Waals surface area contributed by atoms with Gasteiger partial charge in [-0.1, -0.05) is 31.2 Å². The number of nitrogens with one attached hydrogen (secondary N) is 1. The van der Waals surface area contributed by atoms with Gasteiger partial charge in [0.15, 0.2) is 17.7 Å². The number of aldehydes is 1. The predicted octanol–water partition coefficient (Wildman–Crippen LogP) is 3.89. The maximum absolute atomic E-state index is 15.1. The standard InChI is InChI=1S/C22H27ClFN5O5Si/c1-35(2,3)10-9-33-13-29-19(26-16(11-30)27-29)20(31)28-8-4-7-22(12-28)17-15(25-21(32)34-22)6-5-14(23)18(17)24/h5-6,11H,4,7-10,12-13H2,1-3H3,(H,25,32)/t22-/m0/s1. The Bertz CT molecular complexity index is 1170. The van der Waals surface area contributed by atoms with E-state index < -0.39 is 31.5 Å². The largest absolute Gasteiger partial charge is 0.436 e. The van der Waals surface area contributed by atoms with E-state index >= 15 is 4.39 Å². The van der Waals surface area contributed by atoms with E-state index in [-0.39, 0.29) is 41.2 Å². The van der Waals surface area contributed by atoms with Crippen molar-refractivity contribution in [1.82, 2.24) is 19.7 Å². The number of rotatable bonds is 7. The number of amides is 2. The molecule has 1 aromatic carbocycles. The van der Waals surface area contributed by atoms with E-state index in [1.165, 1.54) is 21.7 Å². The molecule has 1 aromatic heterocycles. The first kappa shape index (κ1) is 25.3. The van der Waals surface area contributed by atoms with Gasteiger partial charge in [-0.05, 0) is 31.0 Å². The molecule has 1 fully saturated rings. The van der Waals surface area contributed by atoms with E-state index in [1.54, 1.807) is 0 Å². The highest BCUT2D eigenvalue weighted by atomic mass is 35.5. The Labute approximate surface area is 207 Å². The molecule has 0 aliphatic carbocycles. The number of nitrogens with zero attached hydrogens (tertiary/aromatic N) is 4. The first-order valence-corrected chi connectivity index (χ1v) is 15.4. The molecule has 188 valence electrons. The molecule has 0 saturated carbocycles. The monoisotopic (exact) mass is 523 g/mol. The summed E-state index contributed by atoms with van der Waals surface area (Å²) in [5.41, 5.74) is -1.06. The fourth-order valence-electron chi connectivity index (χ4n) is 4.28. The van der Waals surface area contributed by atoms with Gasteiger partial charge < -0.3 is 14.4 Å². The lowest BCUT2D eigenvalue weighted by atomic mass is 9.83. The zero-order valence-corrected chi connectivity index (χ0v) is 21.5. The Morgan fingerprint density at radius 1 is 1.40 bits per heavy atom. The van der Waals surface area contributed by atoms with Crippen molar-refractivity contribution in [1.29, 1.82) is 0 Å². The number of fused-ring (bicyclic) bond motifs is 2. The number of carbonyl (C=O) groups is 3. The number of halogens is 2. The number of hydrogen-bond acceptors (Lipinski definition) is 7. The predicted molar refractivity (Wildman–Crippen MR) is 128 cm³/mol. The van der Waals surface area contributed by atoms with E-state index in [4.69, 9.17) is 21.1 Å². The van der Waals surface area contributed by atoms with Crippen molar-refractivity contribution in [3.8, 4) is 0 Å². The van der Waals surface area contributed by atoms with E-state index in [0.717, 1.165) is 6.04 Å². The second-order valence-electron chi connectivity index (χ2n) is 9.88. The van der Waals surface area contributed by atoms with Crippen LogP contribution in [-0.2, 0) is 21.8 Å². The Balaban J connectivity index is 1.59.